The molecular weight excluding hydrogens is 358 g/mol. The Morgan fingerprint density at radius 2 is 1.85 bits per heavy atom. The summed E-state index contributed by atoms with van der Waals surface area (Å²) in [5.74, 6) is -0.186. The van der Waals surface area contributed by atoms with Crippen molar-refractivity contribution in [2.75, 3.05) is 26.2 Å². The summed E-state index contributed by atoms with van der Waals surface area (Å²) >= 11 is 5.89. The van der Waals surface area contributed by atoms with Gasteiger partial charge in [-0.1, -0.05) is 23.7 Å². The standard InChI is InChI=1S/C18H18ClN3O4/c19-15-3-1-14(2-4-15)13-20-9-11-21(12-10-20)17(23)7-5-16-6-8-18(26-16)22(24)25/h1-8H,9-13H2/b7-5+. The highest BCUT2D eigenvalue weighted by molar-refractivity contribution is 6.30. The monoisotopic (exact) mass is 375 g/mol. The Kier molecular flexibility index (Phi) is 5.70. The lowest BCUT2D eigenvalue weighted by Gasteiger charge is -2.34. The van der Waals surface area contributed by atoms with Crippen molar-refractivity contribution in [2.24, 2.45) is 0 Å². The topological polar surface area (TPSA) is 79.8 Å². The normalized spacial score (nSPS) is 15.5. The van der Waals surface area contributed by atoms with Crippen molar-refractivity contribution < 1.29 is 14.1 Å². The van der Waals surface area contributed by atoms with Gasteiger partial charge in [-0.3, -0.25) is 19.8 Å². The van der Waals surface area contributed by atoms with Crippen molar-refractivity contribution in [3.8, 4) is 0 Å². The third kappa shape index (κ3) is 4.71. The van der Waals surface area contributed by atoms with Gasteiger partial charge in [0.05, 0.1) is 6.07 Å². The van der Waals surface area contributed by atoms with Gasteiger partial charge in [-0.15, -0.1) is 0 Å². The van der Waals surface area contributed by atoms with Crippen LogP contribution in [0.15, 0.2) is 46.9 Å². The van der Waals surface area contributed by atoms with Crippen LogP contribution in [0.4, 0.5) is 5.88 Å². The van der Waals surface area contributed by atoms with E-state index >= 15 is 0 Å². The number of piperazine rings is 1. The largest absolute Gasteiger partial charge is 0.433 e. The van der Waals surface area contributed by atoms with Gasteiger partial charge in [-0.25, -0.2) is 0 Å². The van der Waals surface area contributed by atoms with E-state index in [1.807, 2.05) is 24.3 Å². The number of nitro groups is 1. The molecule has 1 saturated heterocycles. The molecule has 3 rings (SSSR count). The molecule has 136 valence electrons. The molecule has 0 unspecified atom stereocenters. The maximum Gasteiger partial charge on any atom is 0.433 e. The van der Waals surface area contributed by atoms with E-state index in [9.17, 15) is 14.9 Å². The maximum absolute atomic E-state index is 12.2. The van der Waals surface area contributed by atoms with Crippen LogP contribution in [0.25, 0.3) is 6.08 Å². The highest BCUT2D eigenvalue weighted by Gasteiger charge is 2.20. The van der Waals surface area contributed by atoms with Gasteiger partial charge in [0.25, 0.3) is 0 Å². The van der Waals surface area contributed by atoms with E-state index < -0.39 is 4.92 Å². The second-order valence-electron chi connectivity index (χ2n) is 5.99. The molecule has 0 bridgehead atoms. The van der Waals surface area contributed by atoms with Crippen LogP contribution in [0.3, 0.4) is 0 Å². The molecule has 1 amide bonds. The molecule has 7 nitrogen and oxygen atoms in total. The molecule has 8 heteroatoms. The lowest BCUT2D eigenvalue weighted by molar-refractivity contribution is -0.402. The molecule has 1 aliphatic heterocycles. The minimum absolute atomic E-state index is 0.129. The number of nitrogens with zero attached hydrogens (tertiary/aromatic N) is 3. The number of hydrogen-bond acceptors (Lipinski definition) is 5. The first kappa shape index (κ1) is 18.2. The predicted octanol–water partition coefficient (Wildman–Crippen LogP) is 3.20. The third-order valence-electron chi connectivity index (χ3n) is 4.19. The number of rotatable bonds is 5. The van der Waals surface area contributed by atoms with E-state index in [2.05, 4.69) is 4.90 Å². The first-order valence-electron chi connectivity index (χ1n) is 8.19. The Labute approximate surface area is 155 Å². The molecule has 0 radical (unpaired) electrons. The van der Waals surface area contributed by atoms with Crippen molar-refractivity contribution in [2.45, 2.75) is 6.54 Å². The first-order chi connectivity index (χ1) is 12.5. The van der Waals surface area contributed by atoms with Gasteiger partial charge < -0.3 is 9.32 Å². The number of carbonyl (C=O) groups excluding carboxylic acids is 1. The molecular formula is C18H18ClN3O4. The minimum atomic E-state index is -0.612. The number of benzene rings is 1. The predicted molar refractivity (Wildman–Crippen MR) is 97.7 cm³/mol. The summed E-state index contributed by atoms with van der Waals surface area (Å²) in [6, 6.07) is 10.5. The van der Waals surface area contributed by atoms with Gasteiger partial charge in [0.15, 0.2) is 0 Å². The zero-order valence-corrected chi connectivity index (χ0v) is 14.8. The number of halogens is 1. The van der Waals surface area contributed by atoms with Gasteiger partial charge in [-0.2, -0.15) is 0 Å². The van der Waals surface area contributed by atoms with Crippen LogP contribution in [-0.4, -0.2) is 46.8 Å². The maximum atomic E-state index is 12.2. The van der Waals surface area contributed by atoms with Crippen LogP contribution in [0.5, 0.6) is 0 Å². The smallest absolute Gasteiger partial charge is 0.401 e. The van der Waals surface area contributed by atoms with Crippen molar-refractivity contribution in [1.29, 1.82) is 0 Å². The van der Waals surface area contributed by atoms with E-state index in [1.54, 1.807) is 4.90 Å². The van der Waals surface area contributed by atoms with E-state index in [4.69, 9.17) is 16.0 Å². The Balaban J connectivity index is 1.49. The van der Waals surface area contributed by atoms with E-state index in [1.165, 1.54) is 29.8 Å². The summed E-state index contributed by atoms with van der Waals surface area (Å²) in [7, 11) is 0. The second kappa shape index (κ2) is 8.16. The lowest BCUT2D eigenvalue weighted by Crippen LogP contribution is -2.47. The molecule has 0 aliphatic carbocycles. The molecule has 0 N–H and O–H groups in total. The van der Waals surface area contributed by atoms with Gasteiger partial charge in [0.2, 0.25) is 5.91 Å². The number of hydrogen-bond donors (Lipinski definition) is 0. The van der Waals surface area contributed by atoms with Crippen LogP contribution in [0.1, 0.15) is 11.3 Å². The molecule has 2 heterocycles. The number of furan rings is 1. The van der Waals surface area contributed by atoms with Crippen molar-refractivity contribution in [3.05, 3.63) is 68.9 Å². The fourth-order valence-electron chi connectivity index (χ4n) is 2.76. The SMILES string of the molecule is O=C(/C=C/c1ccc([N+](=O)[O-])o1)N1CCN(Cc2ccc(Cl)cc2)CC1. The van der Waals surface area contributed by atoms with E-state index in [0.29, 0.717) is 13.1 Å². The zero-order chi connectivity index (χ0) is 18.5. The van der Waals surface area contributed by atoms with Crippen molar-refractivity contribution in [1.82, 2.24) is 9.80 Å². The Bertz CT molecular complexity index is 808. The molecule has 1 aromatic carbocycles. The molecule has 0 saturated carbocycles. The summed E-state index contributed by atoms with van der Waals surface area (Å²) in [6.07, 6.45) is 2.84. The average molecular weight is 376 g/mol. The van der Waals surface area contributed by atoms with Crippen LogP contribution >= 0.6 is 11.6 Å². The highest BCUT2D eigenvalue weighted by atomic mass is 35.5. The summed E-state index contributed by atoms with van der Waals surface area (Å²) < 4.78 is 5.00. The van der Waals surface area contributed by atoms with E-state index in [0.717, 1.165) is 24.7 Å². The minimum Gasteiger partial charge on any atom is -0.401 e. The third-order valence-corrected chi connectivity index (χ3v) is 4.44. The van der Waals surface area contributed by atoms with Gasteiger partial charge >= 0.3 is 5.88 Å². The summed E-state index contributed by atoms with van der Waals surface area (Å²) in [5, 5.41) is 11.3. The summed E-state index contributed by atoms with van der Waals surface area (Å²) in [4.78, 5) is 26.3. The zero-order valence-electron chi connectivity index (χ0n) is 14.0. The Hall–Kier alpha value is -2.64. The van der Waals surface area contributed by atoms with Crippen LogP contribution in [-0.2, 0) is 11.3 Å². The Morgan fingerprint density at radius 1 is 1.15 bits per heavy atom. The molecule has 1 fully saturated rings. The van der Waals surface area contributed by atoms with Crippen LogP contribution in [0.2, 0.25) is 5.02 Å². The van der Waals surface area contributed by atoms with Crippen molar-refractivity contribution >= 4 is 29.5 Å². The van der Waals surface area contributed by atoms with Crippen LogP contribution in [0, 0.1) is 10.1 Å². The summed E-state index contributed by atoms with van der Waals surface area (Å²) in [5.41, 5.74) is 1.19. The van der Waals surface area contributed by atoms with Gasteiger partial charge in [0.1, 0.15) is 10.7 Å². The van der Waals surface area contributed by atoms with Gasteiger partial charge in [-0.05, 0) is 29.8 Å². The molecule has 1 aromatic heterocycles. The Morgan fingerprint density at radius 3 is 2.46 bits per heavy atom. The number of carbonyl (C=O) groups is 1. The molecule has 1 aliphatic rings. The van der Waals surface area contributed by atoms with Crippen LogP contribution < -0.4 is 0 Å². The summed E-state index contributed by atoms with van der Waals surface area (Å²) in [6.45, 7) is 3.66. The average Bonchev–Trinajstić information content (AvgIpc) is 3.12. The second-order valence-corrected chi connectivity index (χ2v) is 6.43. The first-order valence-corrected chi connectivity index (χ1v) is 8.57. The van der Waals surface area contributed by atoms with E-state index in [-0.39, 0.29) is 17.6 Å². The molecule has 2 aromatic rings. The fraction of sp³-hybridized carbons (Fsp3) is 0.278. The number of amides is 1. The van der Waals surface area contributed by atoms with Crippen molar-refractivity contribution in [3.63, 3.8) is 0 Å². The highest BCUT2D eigenvalue weighted by Crippen LogP contribution is 2.17. The molecule has 0 atom stereocenters. The molecule has 26 heavy (non-hydrogen) atoms. The quantitative estimate of drug-likeness (QED) is 0.455. The molecule has 0 spiro atoms. The fourth-order valence-corrected chi connectivity index (χ4v) is 2.89. The lowest BCUT2D eigenvalue weighted by atomic mass is 10.2. The van der Waals surface area contributed by atoms with Gasteiger partial charge in [0, 0.05) is 43.8 Å².